The number of piperidine rings is 1. The summed E-state index contributed by atoms with van der Waals surface area (Å²) in [5, 5.41) is 0.757. The van der Waals surface area contributed by atoms with Crippen molar-refractivity contribution in [2.75, 3.05) is 39.3 Å². The maximum Gasteiger partial charge on any atom is 0.242 e. The van der Waals surface area contributed by atoms with Crippen LogP contribution >= 0.6 is 11.6 Å². The monoisotopic (exact) mass is 349 g/mol. The highest BCUT2D eigenvalue weighted by Crippen LogP contribution is 2.15. The molecule has 2 aliphatic rings. The van der Waals surface area contributed by atoms with Crippen molar-refractivity contribution >= 4 is 23.4 Å². The summed E-state index contributed by atoms with van der Waals surface area (Å²) in [6, 6.07) is 7.91. The fourth-order valence-electron chi connectivity index (χ4n) is 3.34. The van der Waals surface area contributed by atoms with Crippen LogP contribution in [0.2, 0.25) is 5.02 Å². The Labute approximate surface area is 148 Å². The van der Waals surface area contributed by atoms with Gasteiger partial charge in [-0.25, -0.2) is 0 Å². The largest absolute Gasteiger partial charge is 0.339 e. The fourth-order valence-corrected chi connectivity index (χ4v) is 3.55. The van der Waals surface area contributed by atoms with Crippen LogP contribution < -0.4 is 0 Å². The highest BCUT2D eigenvalue weighted by atomic mass is 35.5. The maximum atomic E-state index is 12.4. The van der Waals surface area contributed by atoms with Crippen LogP contribution in [0.5, 0.6) is 0 Å². The second kappa shape index (κ2) is 7.99. The van der Waals surface area contributed by atoms with Crippen LogP contribution in [0.4, 0.5) is 0 Å². The molecule has 5 nitrogen and oxygen atoms in total. The number of carbonyl (C=O) groups excluding carboxylic acids is 2. The van der Waals surface area contributed by atoms with Crippen LogP contribution in [-0.2, 0) is 16.1 Å². The zero-order valence-electron chi connectivity index (χ0n) is 13.9. The van der Waals surface area contributed by atoms with Gasteiger partial charge in [0.15, 0.2) is 0 Å². The summed E-state index contributed by atoms with van der Waals surface area (Å²) < 4.78 is 0. The van der Waals surface area contributed by atoms with Gasteiger partial charge in [0.05, 0.1) is 6.54 Å². The average molecular weight is 350 g/mol. The first kappa shape index (κ1) is 17.2. The Kier molecular flexibility index (Phi) is 5.74. The van der Waals surface area contributed by atoms with E-state index in [0.29, 0.717) is 6.42 Å². The Morgan fingerprint density at radius 1 is 1.08 bits per heavy atom. The lowest BCUT2D eigenvalue weighted by molar-refractivity contribution is -0.142. The molecule has 2 amide bonds. The predicted octanol–water partition coefficient (Wildman–Crippen LogP) is 2.00. The SMILES string of the molecule is O=C(CN1CCCCC1=O)N1CCN(Cc2cccc(Cl)c2)CC1. The lowest BCUT2D eigenvalue weighted by Crippen LogP contribution is -2.52. The van der Waals surface area contributed by atoms with Gasteiger partial charge in [0.1, 0.15) is 0 Å². The van der Waals surface area contributed by atoms with Crippen molar-refractivity contribution < 1.29 is 9.59 Å². The van der Waals surface area contributed by atoms with Crippen molar-refractivity contribution in [3.05, 3.63) is 34.9 Å². The van der Waals surface area contributed by atoms with Gasteiger partial charge in [0, 0.05) is 50.7 Å². The quantitative estimate of drug-likeness (QED) is 0.835. The molecule has 2 heterocycles. The van der Waals surface area contributed by atoms with Crippen molar-refractivity contribution in [2.24, 2.45) is 0 Å². The third kappa shape index (κ3) is 4.48. The molecular weight excluding hydrogens is 326 g/mol. The van der Waals surface area contributed by atoms with E-state index in [2.05, 4.69) is 11.0 Å². The number of hydrogen-bond donors (Lipinski definition) is 0. The molecule has 130 valence electrons. The van der Waals surface area contributed by atoms with E-state index in [1.165, 1.54) is 5.56 Å². The van der Waals surface area contributed by atoms with E-state index in [1.54, 1.807) is 4.90 Å². The minimum absolute atomic E-state index is 0.0765. The molecule has 0 atom stereocenters. The van der Waals surface area contributed by atoms with Gasteiger partial charge in [-0.15, -0.1) is 0 Å². The lowest BCUT2D eigenvalue weighted by atomic mass is 10.1. The van der Waals surface area contributed by atoms with Gasteiger partial charge in [-0.05, 0) is 30.5 Å². The van der Waals surface area contributed by atoms with E-state index in [0.717, 1.165) is 57.1 Å². The Morgan fingerprint density at radius 3 is 2.58 bits per heavy atom. The van der Waals surface area contributed by atoms with Crippen LogP contribution in [0.25, 0.3) is 0 Å². The maximum absolute atomic E-state index is 12.4. The van der Waals surface area contributed by atoms with Crippen molar-refractivity contribution in [2.45, 2.75) is 25.8 Å². The number of likely N-dealkylation sites (tertiary alicyclic amines) is 1. The van der Waals surface area contributed by atoms with Gasteiger partial charge < -0.3 is 9.80 Å². The van der Waals surface area contributed by atoms with Crippen LogP contribution in [0.3, 0.4) is 0 Å². The van der Waals surface area contributed by atoms with Crippen molar-refractivity contribution in [3.8, 4) is 0 Å². The second-order valence-electron chi connectivity index (χ2n) is 6.56. The predicted molar refractivity (Wildman–Crippen MR) is 93.7 cm³/mol. The lowest BCUT2D eigenvalue weighted by Gasteiger charge is -2.36. The fraction of sp³-hybridized carbons (Fsp3) is 0.556. The van der Waals surface area contributed by atoms with Gasteiger partial charge in [-0.2, -0.15) is 0 Å². The highest BCUT2D eigenvalue weighted by Gasteiger charge is 2.25. The van der Waals surface area contributed by atoms with Crippen LogP contribution in [0, 0.1) is 0 Å². The molecule has 1 aromatic carbocycles. The number of rotatable bonds is 4. The molecule has 0 bridgehead atoms. The van der Waals surface area contributed by atoms with Gasteiger partial charge >= 0.3 is 0 Å². The Balaban J connectivity index is 1.46. The normalized spacial score (nSPS) is 19.6. The molecule has 0 saturated carbocycles. The number of piperazine rings is 1. The smallest absolute Gasteiger partial charge is 0.242 e. The number of amides is 2. The summed E-state index contributed by atoms with van der Waals surface area (Å²) in [4.78, 5) is 30.2. The standard InChI is InChI=1S/C18H24ClN3O2/c19-16-5-3-4-15(12-16)13-20-8-10-21(11-9-20)18(24)14-22-7-2-1-6-17(22)23/h3-5,12H,1-2,6-11,13-14H2. The number of benzene rings is 1. The van der Waals surface area contributed by atoms with Crippen LogP contribution in [0.15, 0.2) is 24.3 Å². The van der Waals surface area contributed by atoms with E-state index >= 15 is 0 Å². The number of hydrogen-bond acceptors (Lipinski definition) is 3. The van der Waals surface area contributed by atoms with Crippen molar-refractivity contribution in [1.29, 1.82) is 0 Å². The molecule has 1 aromatic rings. The molecule has 3 rings (SSSR count). The molecule has 0 unspecified atom stereocenters. The van der Waals surface area contributed by atoms with Gasteiger partial charge in [0.25, 0.3) is 0 Å². The number of nitrogens with zero attached hydrogens (tertiary/aromatic N) is 3. The molecule has 0 N–H and O–H groups in total. The van der Waals surface area contributed by atoms with E-state index in [9.17, 15) is 9.59 Å². The summed E-state index contributed by atoms with van der Waals surface area (Å²) in [6.45, 7) is 4.97. The zero-order chi connectivity index (χ0) is 16.9. The first-order chi connectivity index (χ1) is 11.6. The molecular formula is C18H24ClN3O2. The molecule has 2 saturated heterocycles. The van der Waals surface area contributed by atoms with E-state index < -0.39 is 0 Å². The first-order valence-corrected chi connectivity index (χ1v) is 9.02. The summed E-state index contributed by atoms with van der Waals surface area (Å²) >= 11 is 6.03. The third-order valence-electron chi connectivity index (χ3n) is 4.77. The molecule has 0 aliphatic carbocycles. The van der Waals surface area contributed by atoms with Crippen molar-refractivity contribution in [3.63, 3.8) is 0 Å². The molecule has 2 fully saturated rings. The Hall–Kier alpha value is -1.59. The highest BCUT2D eigenvalue weighted by molar-refractivity contribution is 6.30. The zero-order valence-corrected chi connectivity index (χ0v) is 14.7. The van der Waals surface area contributed by atoms with Gasteiger partial charge in [0.2, 0.25) is 11.8 Å². The Morgan fingerprint density at radius 2 is 1.88 bits per heavy atom. The van der Waals surface area contributed by atoms with Crippen LogP contribution in [-0.4, -0.2) is 65.8 Å². The minimum Gasteiger partial charge on any atom is -0.339 e. The minimum atomic E-state index is 0.0765. The van der Waals surface area contributed by atoms with Crippen LogP contribution in [0.1, 0.15) is 24.8 Å². The second-order valence-corrected chi connectivity index (χ2v) is 7.00. The molecule has 0 radical (unpaired) electrons. The van der Waals surface area contributed by atoms with Gasteiger partial charge in [-0.1, -0.05) is 23.7 Å². The van der Waals surface area contributed by atoms with Gasteiger partial charge in [-0.3, -0.25) is 14.5 Å². The third-order valence-corrected chi connectivity index (χ3v) is 5.00. The van der Waals surface area contributed by atoms with E-state index in [-0.39, 0.29) is 18.4 Å². The summed E-state index contributed by atoms with van der Waals surface area (Å²) in [6.07, 6.45) is 2.54. The molecule has 0 spiro atoms. The molecule has 24 heavy (non-hydrogen) atoms. The molecule has 6 heteroatoms. The topological polar surface area (TPSA) is 43.9 Å². The van der Waals surface area contributed by atoms with E-state index in [1.807, 2.05) is 23.1 Å². The summed E-state index contributed by atoms with van der Waals surface area (Å²) in [5.41, 5.74) is 1.20. The van der Waals surface area contributed by atoms with E-state index in [4.69, 9.17) is 11.6 Å². The summed E-state index contributed by atoms with van der Waals surface area (Å²) in [7, 11) is 0. The average Bonchev–Trinajstić information content (AvgIpc) is 2.57. The summed E-state index contributed by atoms with van der Waals surface area (Å²) in [5.74, 6) is 0.196. The Bertz CT molecular complexity index is 600. The number of halogens is 1. The number of carbonyl (C=O) groups is 2. The first-order valence-electron chi connectivity index (χ1n) is 8.64. The van der Waals surface area contributed by atoms with Crippen molar-refractivity contribution in [1.82, 2.24) is 14.7 Å². The molecule has 0 aromatic heterocycles. The molecule has 2 aliphatic heterocycles.